The Labute approximate surface area is 113 Å². The number of hydrogen-bond donors (Lipinski definition) is 1. The number of aliphatic hydroxyl groups is 1. The molecule has 19 heavy (non-hydrogen) atoms. The Balaban J connectivity index is 2.45. The first-order chi connectivity index (χ1) is 9.13. The summed E-state index contributed by atoms with van der Waals surface area (Å²) in [7, 11) is 0. The molecule has 0 bridgehead atoms. The summed E-state index contributed by atoms with van der Waals surface area (Å²) in [4.78, 5) is 2.06. The van der Waals surface area contributed by atoms with Crippen molar-refractivity contribution in [2.24, 2.45) is 0 Å². The minimum absolute atomic E-state index is 0.247. The quantitative estimate of drug-likeness (QED) is 0.895. The van der Waals surface area contributed by atoms with Gasteiger partial charge in [0.15, 0.2) is 0 Å². The van der Waals surface area contributed by atoms with Crippen molar-refractivity contribution in [3.8, 4) is 0 Å². The van der Waals surface area contributed by atoms with Crippen LogP contribution in [0.3, 0.4) is 0 Å². The molecule has 0 fully saturated rings. The lowest BCUT2D eigenvalue weighted by molar-refractivity contribution is 0.200. The molecule has 3 heteroatoms. The van der Waals surface area contributed by atoms with Crippen molar-refractivity contribution in [3.63, 3.8) is 0 Å². The Morgan fingerprint density at radius 2 is 1.74 bits per heavy atom. The van der Waals surface area contributed by atoms with Crippen LogP contribution in [0.1, 0.15) is 25.5 Å². The fourth-order valence-electron chi connectivity index (χ4n) is 2.20. The van der Waals surface area contributed by atoms with Gasteiger partial charge in [0, 0.05) is 23.5 Å². The first-order valence-electron chi connectivity index (χ1n) is 6.43. The summed E-state index contributed by atoms with van der Waals surface area (Å²) in [6.07, 6.45) is -0.536. The Kier molecular flexibility index (Phi) is 4.17. The molecule has 2 nitrogen and oxygen atoms in total. The third kappa shape index (κ3) is 2.93. The molecule has 0 saturated heterocycles. The van der Waals surface area contributed by atoms with Gasteiger partial charge in [0.1, 0.15) is 5.82 Å². The van der Waals surface area contributed by atoms with Gasteiger partial charge in [-0.25, -0.2) is 4.39 Å². The lowest BCUT2D eigenvalue weighted by Gasteiger charge is -2.26. The minimum Gasteiger partial charge on any atom is -0.389 e. The van der Waals surface area contributed by atoms with Gasteiger partial charge < -0.3 is 10.0 Å². The third-order valence-electron chi connectivity index (χ3n) is 3.13. The van der Waals surface area contributed by atoms with E-state index in [0.29, 0.717) is 0 Å². The largest absolute Gasteiger partial charge is 0.389 e. The number of nitrogens with zero attached hydrogens (tertiary/aromatic N) is 1. The van der Waals surface area contributed by atoms with Crippen LogP contribution in [0.25, 0.3) is 0 Å². The van der Waals surface area contributed by atoms with Gasteiger partial charge in [-0.05, 0) is 44.2 Å². The number of halogens is 1. The number of benzene rings is 2. The average Bonchev–Trinajstić information content (AvgIpc) is 2.42. The molecule has 0 saturated carbocycles. The SMILES string of the molecule is CCN(c1ccc(F)cc1)c1ccccc1[C@@H](C)O. The summed E-state index contributed by atoms with van der Waals surface area (Å²) in [6, 6.07) is 14.1. The van der Waals surface area contributed by atoms with Gasteiger partial charge >= 0.3 is 0 Å². The normalized spacial score (nSPS) is 12.2. The second kappa shape index (κ2) is 5.85. The number of hydrogen-bond acceptors (Lipinski definition) is 2. The predicted octanol–water partition coefficient (Wildman–Crippen LogP) is 4.04. The third-order valence-corrected chi connectivity index (χ3v) is 3.13. The molecule has 2 aromatic rings. The van der Waals surface area contributed by atoms with Crippen LogP contribution in [-0.2, 0) is 0 Å². The Morgan fingerprint density at radius 1 is 1.11 bits per heavy atom. The standard InChI is InChI=1S/C16H18FNO/c1-3-18(14-10-8-13(17)9-11-14)16-7-5-4-6-15(16)12(2)19/h4-12,19H,3H2,1-2H3/t12-/m1/s1. The first kappa shape index (κ1) is 13.6. The lowest BCUT2D eigenvalue weighted by Crippen LogP contribution is -2.18. The zero-order valence-corrected chi connectivity index (χ0v) is 11.2. The number of anilines is 2. The molecule has 0 aliphatic rings. The monoisotopic (exact) mass is 259 g/mol. The summed E-state index contributed by atoms with van der Waals surface area (Å²) < 4.78 is 13.0. The van der Waals surface area contributed by atoms with Crippen LogP contribution in [0.2, 0.25) is 0 Å². The molecule has 2 rings (SSSR count). The van der Waals surface area contributed by atoms with E-state index in [1.54, 1.807) is 19.1 Å². The van der Waals surface area contributed by atoms with Crippen molar-refractivity contribution in [1.29, 1.82) is 0 Å². The van der Waals surface area contributed by atoms with Crippen LogP contribution < -0.4 is 4.90 Å². The summed E-state index contributed by atoms with van der Waals surface area (Å²) >= 11 is 0. The predicted molar refractivity (Wildman–Crippen MR) is 76.2 cm³/mol. The molecule has 2 aromatic carbocycles. The molecular formula is C16H18FNO. The topological polar surface area (TPSA) is 23.5 Å². The van der Waals surface area contributed by atoms with Crippen molar-refractivity contribution >= 4 is 11.4 Å². The second-order valence-electron chi connectivity index (χ2n) is 4.46. The van der Waals surface area contributed by atoms with Gasteiger partial charge in [0.05, 0.1) is 6.10 Å². The maximum atomic E-state index is 13.0. The van der Waals surface area contributed by atoms with Crippen LogP contribution in [0.15, 0.2) is 48.5 Å². The van der Waals surface area contributed by atoms with E-state index in [4.69, 9.17) is 0 Å². The second-order valence-corrected chi connectivity index (χ2v) is 4.46. The maximum absolute atomic E-state index is 13.0. The number of aliphatic hydroxyl groups excluding tert-OH is 1. The zero-order chi connectivity index (χ0) is 13.8. The molecule has 0 spiro atoms. The lowest BCUT2D eigenvalue weighted by atomic mass is 10.1. The molecule has 100 valence electrons. The van der Waals surface area contributed by atoms with E-state index in [2.05, 4.69) is 4.90 Å². The fraction of sp³-hybridized carbons (Fsp3) is 0.250. The van der Waals surface area contributed by atoms with Gasteiger partial charge in [-0.15, -0.1) is 0 Å². The highest BCUT2D eigenvalue weighted by Crippen LogP contribution is 2.31. The molecule has 0 aliphatic heterocycles. The van der Waals surface area contributed by atoms with E-state index >= 15 is 0 Å². The first-order valence-corrected chi connectivity index (χ1v) is 6.43. The average molecular weight is 259 g/mol. The van der Waals surface area contributed by atoms with Crippen molar-refractivity contribution < 1.29 is 9.50 Å². The van der Waals surface area contributed by atoms with Crippen LogP contribution >= 0.6 is 0 Å². The van der Waals surface area contributed by atoms with Crippen LogP contribution in [0.5, 0.6) is 0 Å². The van der Waals surface area contributed by atoms with Crippen molar-refractivity contribution in [2.75, 3.05) is 11.4 Å². The van der Waals surface area contributed by atoms with Gasteiger partial charge in [0.2, 0.25) is 0 Å². The van der Waals surface area contributed by atoms with Crippen molar-refractivity contribution in [3.05, 3.63) is 59.9 Å². The van der Waals surface area contributed by atoms with E-state index in [9.17, 15) is 9.50 Å². The summed E-state index contributed by atoms with van der Waals surface area (Å²) in [5, 5.41) is 9.85. The molecule has 0 radical (unpaired) electrons. The Morgan fingerprint density at radius 3 is 2.32 bits per heavy atom. The highest BCUT2D eigenvalue weighted by Gasteiger charge is 2.14. The summed E-state index contributed by atoms with van der Waals surface area (Å²) in [5.41, 5.74) is 2.73. The maximum Gasteiger partial charge on any atom is 0.123 e. The fourth-order valence-corrected chi connectivity index (χ4v) is 2.20. The molecule has 0 amide bonds. The highest BCUT2D eigenvalue weighted by atomic mass is 19.1. The van der Waals surface area contributed by atoms with Gasteiger partial charge in [-0.3, -0.25) is 0 Å². The van der Waals surface area contributed by atoms with Gasteiger partial charge in [-0.1, -0.05) is 18.2 Å². The molecule has 1 N–H and O–H groups in total. The van der Waals surface area contributed by atoms with E-state index in [0.717, 1.165) is 23.5 Å². The van der Waals surface area contributed by atoms with Gasteiger partial charge in [0.25, 0.3) is 0 Å². The highest BCUT2D eigenvalue weighted by molar-refractivity contribution is 5.66. The molecule has 0 unspecified atom stereocenters. The van der Waals surface area contributed by atoms with E-state index in [-0.39, 0.29) is 5.82 Å². The zero-order valence-electron chi connectivity index (χ0n) is 11.2. The summed E-state index contributed by atoms with van der Waals surface area (Å²) in [5.74, 6) is -0.247. The number of para-hydroxylation sites is 1. The smallest absolute Gasteiger partial charge is 0.123 e. The van der Waals surface area contributed by atoms with Crippen molar-refractivity contribution in [1.82, 2.24) is 0 Å². The van der Waals surface area contributed by atoms with E-state index in [1.165, 1.54) is 12.1 Å². The van der Waals surface area contributed by atoms with E-state index < -0.39 is 6.10 Å². The minimum atomic E-state index is -0.536. The Hall–Kier alpha value is -1.87. The van der Waals surface area contributed by atoms with Crippen LogP contribution in [0, 0.1) is 5.82 Å². The summed E-state index contributed by atoms with van der Waals surface area (Å²) in [6.45, 7) is 4.52. The molecule has 1 atom stereocenters. The molecule has 0 aromatic heterocycles. The molecule has 0 aliphatic carbocycles. The van der Waals surface area contributed by atoms with Crippen molar-refractivity contribution in [2.45, 2.75) is 20.0 Å². The molecule has 0 heterocycles. The van der Waals surface area contributed by atoms with E-state index in [1.807, 2.05) is 31.2 Å². The number of rotatable bonds is 4. The Bertz CT molecular complexity index is 537. The van der Waals surface area contributed by atoms with Gasteiger partial charge in [-0.2, -0.15) is 0 Å². The van der Waals surface area contributed by atoms with Crippen LogP contribution in [0.4, 0.5) is 15.8 Å². The van der Waals surface area contributed by atoms with Crippen LogP contribution in [-0.4, -0.2) is 11.7 Å². The molecular weight excluding hydrogens is 241 g/mol.